The van der Waals surface area contributed by atoms with E-state index in [-0.39, 0.29) is 23.8 Å². The molecule has 1 N–H and O–H groups in total. The van der Waals surface area contributed by atoms with Crippen LogP contribution < -0.4 is 5.32 Å². The van der Waals surface area contributed by atoms with Gasteiger partial charge in [0.15, 0.2) is 0 Å². The fourth-order valence-electron chi connectivity index (χ4n) is 3.70. The maximum atomic E-state index is 12.2. The highest BCUT2D eigenvalue weighted by Crippen LogP contribution is 2.42. The number of esters is 1. The number of benzene rings is 1. The van der Waals surface area contributed by atoms with E-state index in [0.717, 1.165) is 12.8 Å². The number of piperidine rings is 1. The van der Waals surface area contributed by atoms with Gasteiger partial charge in [-0.25, -0.2) is 0 Å². The van der Waals surface area contributed by atoms with Crippen molar-refractivity contribution in [2.75, 3.05) is 7.11 Å². The number of carbonyl (C=O) groups is 1. The summed E-state index contributed by atoms with van der Waals surface area (Å²) in [6.07, 6.45) is 3.30. The Balaban J connectivity index is 1.96. The van der Waals surface area contributed by atoms with Crippen LogP contribution in [0, 0.1) is 16.4 Å². The molecule has 2 fully saturated rings. The monoisotopic (exact) mass is 385 g/mol. The number of methoxy groups -OCH3 is 1. The van der Waals surface area contributed by atoms with Crippen LogP contribution in [0.3, 0.4) is 0 Å². The quantitative estimate of drug-likeness (QED) is 0.629. The third-order valence-corrected chi connectivity index (χ3v) is 5.94. The summed E-state index contributed by atoms with van der Waals surface area (Å²) in [6.45, 7) is 2.12. The topological polar surface area (TPSA) is 38.3 Å². The van der Waals surface area contributed by atoms with Gasteiger partial charge in [0.25, 0.3) is 0 Å². The molecule has 108 valence electrons. The minimum atomic E-state index is -0.0663. The second-order valence-electron chi connectivity index (χ2n) is 5.95. The molecule has 1 aromatic rings. The number of ether oxygens (including phenoxy) is 1. The van der Waals surface area contributed by atoms with E-state index in [2.05, 4.69) is 53.0 Å². The number of nitrogens with one attached hydrogen (secondary N) is 1. The van der Waals surface area contributed by atoms with Gasteiger partial charge in [-0.15, -0.1) is 0 Å². The normalized spacial score (nSPS) is 32.1. The van der Waals surface area contributed by atoms with Gasteiger partial charge in [-0.05, 0) is 66.0 Å². The first-order valence-corrected chi connectivity index (χ1v) is 8.28. The molecule has 4 heteroatoms. The highest BCUT2D eigenvalue weighted by Gasteiger charge is 2.46. The Morgan fingerprint density at radius 2 is 2.20 bits per heavy atom. The van der Waals surface area contributed by atoms with Gasteiger partial charge in [0.1, 0.15) is 0 Å². The first-order valence-electron chi connectivity index (χ1n) is 7.20. The summed E-state index contributed by atoms with van der Waals surface area (Å²) in [5, 5.41) is 3.58. The SMILES string of the molecule is COC(=O)C1C2CCC(C[C@@H]1c1ccc(C)c(I)c1)N2. The molecule has 0 spiro atoms. The number of hydrogen-bond acceptors (Lipinski definition) is 3. The third-order valence-electron chi connectivity index (χ3n) is 4.78. The third kappa shape index (κ3) is 2.48. The predicted molar refractivity (Wildman–Crippen MR) is 86.7 cm³/mol. The fraction of sp³-hybridized carbons (Fsp3) is 0.562. The van der Waals surface area contributed by atoms with Gasteiger partial charge >= 0.3 is 5.97 Å². The first-order chi connectivity index (χ1) is 9.60. The molecule has 0 aromatic heterocycles. The predicted octanol–water partition coefficient (Wildman–Crippen LogP) is 3.00. The zero-order chi connectivity index (χ0) is 14.3. The van der Waals surface area contributed by atoms with Gasteiger partial charge in [0.05, 0.1) is 13.0 Å². The molecule has 2 aliphatic rings. The van der Waals surface area contributed by atoms with Gasteiger partial charge in [0, 0.05) is 21.6 Å². The molecule has 1 aromatic carbocycles. The number of aryl methyl sites for hydroxylation is 1. The Morgan fingerprint density at radius 1 is 1.40 bits per heavy atom. The maximum Gasteiger partial charge on any atom is 0.310 e. The molecule has 0 aliphatic carbocycles. The Kier molecular flexibility index (Phi) is 4.04. The van der Waals surface area contributed by atoms with Crippen molar-refractivity contribution in [1.82, 2.24) is 5.32 Å². The summed E-state index contributed by atoms with van der Waals surface area (Å²) in [4.78, 5) is 12.2. The van der Waals surface area contributed by atoms with Crippen molar-refractivity contribution in [2.45, 2.75) is 44.2 Å². The Morgan fingerprint density at radius 3 is 2.90 bits per heavy atom. The van der Waals surface area contributed by atoms with E-state index in [1.54, 1.807) is 0 Å². The van der Waals surface area contributed by atoms with Crippen LogP contribution in [-0.2, 0) is 9.53 Å². The summed E-state index contributed by atoms with van der Waals surface area (Å²) in [5.74, 6) is 0.177. The van der Waals surface area contributed by atoms with E-state index in [4.69, 9.17) is 4.74 Å². The van der Waals surface area contributed by atoms with E-state index in [1.165, 1.54) is 28.2 Å². The van der Waals surface area contributed by atoms with Crippen LogP contribution in [0.2, 0.25) is 0 Å². The van der Waals surface area contributed by atoms with Crippen molar-refractivity contribution in [2.24, 2.45) is 5.92 Å². The molecule has 2 heterocycles. The standard InChI is InChI=1S/C16H20INO2/c1-9-3-4-10(7-13(9)17)12-8-11-5-6-14(18-11)15(12)16(19)20-2/h3-4,7,11-12,14-15,18H,5-6,8H2,1-2H3/t11?,12-,14?,15?/m1/s1. The van der Waals surface area contributed by atoms with Crippen LogP contribution in [-0.4, -0.2) is 25.2 Å². The number of halogens is 1. The van der Waals surface area contributed by atoms with E-state index < -0.39 is 0 Å². The van der Waals surface area contributed by atoms with Crippen molar-refractivity contribution in [3.05, 3.63) is 32.9 Å². The minimum Gasteiger partial charge on any atom is -0.469 e. The van der Waals surface area contributed by atoms with Crippen molar-refractivity contribution in [3.63, 3.8) is 0 Å². The largest absolute Gasteiger partial charge is 0.469 e. The Hall–Kier alpha value is -0.620. The summed E-state index contributed by atoms with van der Waals surface area (Å²) < 4.78 is 6.34. The second kappa shape index (κ2) is 5.64. The smallest absolute Gasteiger partial charge is 0.310 e. The lowest BCUT2D eigenvalue weighted by atomic mass is 9.77. The molecule has 3 rings (SSSR count). The van der Waals surface area contributed by atoms with Crippen molar-refractivity contribution in [1.29, 1.82) is 0 Å². The molecule has 3 unspecified atom stereocenters. The van der Waals surface area contributed by atoms with Crippen LogP contribution in [0.25, 0.3) is 0 Å². The average Bonchev–Trinajstić information content (AvgIpc) is 2.82. The van der Waals surface area contributed by atoms with Crippen LogP contribution >= 0.6 is 22.6 Å². The Bertz CT molecular complexity index is 531. The zero-order valence-corrected chi connectivity index (χ0v) is 14.0. The highest BCUT2D eigenvalue weighted by atomic mass is 127. The molecular formula is C16H20INO2. The molecule has 3 nitrogen and oxygen atoms in total. The lowest BCUT2D eigenvalue weighted by Gasteiger charge is -2.36. The van der Waals surface area contributed by atoms with Gasteiger partial charge in [-0.3, -0.25) is 4.79 Å². The van der Waals surface area contributed by atoms with Crippen LogP contribution in [0.5, 0.6) is 0 Å². The van der Waals surface area contributed by atoms with E-state index in [9.17, 15) is 4.79 Å². The lowest BCUT2D eigenvalue weighted by Crippen LogP contribution is -2.48. The number of fused-ring (bicyclic) bond motifs is 2. The van der Waals surface area contributed by atoms with Crippen LogP contribution in [0.15, 0.2) is 18.2 Å². The molecule has 0 radical (unpaired) electrons. The first kappa shape index (κ1) is 14.3. The van der Waals surface area contributed by atoms with Crippen molar-refractivity contribution in [3.8, 4) is 0 Å². The van der Waals surface area contributed by atoms with Crippen molar-refractivity contribution >= 4 is 28.6 Å². The second-order valence-corrected chi connectivity index (χ2v) is 7.11. The molecule has 0 saturated carbocycles. The van der Waals surface area contributed by atoms with Gasteiger partial charge in [-0.1, -0.05) is 12.1 Å². The summed E-state index contributed by atoms with van der Waals surface area (Å²) >= 11 is 2.37. The molecule has 2 saturated heterocycles. The zero-order valence-electron chi connectivity index (χ0n) is 11.9. The number of rotatable bonds is 2. The van der Waals surface area contributed by atoms with Crippen LogP contribution in [0.1, 0.15) is 36.3 Å². The summed E-state index contributed by atoms with van der Waals surface area (Å²) in [5.41, 5.74) is 2.58. The maximum absolute atomic E-state index is 12.2. The van der Waals surface area contributed by atoms with Gasteiger partial charge < -0.3 is 10.1 Å². The van der Waals surface area contributed by atoms with E-state index in [1.807, 2.05) is 0 Å². The summed E-state index contributed by atoms with van der Waals surface area (Å²) in [7, 11) is 1.50. The van der Waals surface area contributed by atoms with Crippen LogP contribution in [0.4, 0.5) is 0 Å². The molecule has 2 bridgehead atoms. The fourth-order valence-corrected chi connectivity index (χ4v) is 4.24. The minimum absolute atomic E-state index is 0.0442. The molecule has 4 atom stereocenters. The Labute approximate surface area is 133 Å². The molecule has 20 heavy (non-hydrogen) atoms. The summed E-state index contributed by atoms with van der Waals surface area (Å²) in [6, 6.07) is 7.43. The molecule has 2 aliphatic heterocycles. The lowest BCUT2D eigenvalue weighted by molar-refractivity contribution is -0.148. The van der Waals surface area contributed by atoms with Crippen molar-refractivity contribution < 1.29 is 9.53 Å². The number of hydrogen-bond donors (Lipinski definition) is 1. The molecule has 0 amide bonds. The highest BCUT2D eigenvalue weighted by molar-refractivity contribution is 14.1. The average molecular weight is 385 g/mol. The van der Waals surface area contributed by atoms with Gasteiger partial charge in [0.2, 0.25) is 0 Å². The van der Waals surface area contributed by atoms with Gasteiger partial charge in [-0.2, -0.15) is 0 Å². The molecular weight excluding hydrogens is 365 g/mol. The van der Waals surface area contributed by atoms with E-state index >= 15 is 0 Å². The number of carbonyl (C=O) groups excluding carboxylic acids is 1. The van der Waals surface area contributed by atoms with E-state index in [0.29, 0.717) is 6.04 Å².